The number of carbonyl (C=O) groups is 1. The summed E-state index contributed by atoms with van der Waals surface area (Å²) in [5.74, 6) is 0.660. The highest BCUT2D eigenvalue weighted by Gasteiger charge is 2.28. The molecular formula is C15H29NO2. The van der Waals surface area contributed by atoms with E-state index in [1.165, 1.54) is 32.1 Å². The molecule has 0 heterocycles. The lowest BCUT2D eigenvalue weighted by Gasteiger charge is -2.34. The normalized spacial score (nSPS) is 25.7. The molecule has 106 valence electrons. The molecule has 0 amide bonds. The average Bonchev–Trinajstić information content (AvgIpc) is 2.39. The molecule has 0 bridgehead atoms. The lowest BCUT2D eigenvalue weighted by atomic mass is 9.82. The Hall–Kier alpha value is -0.570. The van der Waals surface area contributed by atoms with Crippen molar-refractivity contribution in [3.8, 4) is 0 Å². The van der Waals surface area contributed by atoms with Crippen molar-refractivity contribution in [2.75, 3.05) is 6.61 Å². The molecule has 1 aliphatic rings. The van der Waals surface area contributed by atoms with Gasteiger partial charge >= 0.3 is 5.97 Å². The lowest BCUT2D eigenvalue weighted by Crippen LogP contribution is -2.48. The van der Waals surface area contributed by atoms with Crippen LogP contribution in [-0.4, -0.2) is 24.7 Å². The Morgan fingerprint density at radius 2 is 2.00 bits per heavy atom. The van der Waals surface area contributed by atoms with Gasteiger partial charge in [0.15, 0.2) is 0 Å². The topological polar surface area (TPSA) is 38.3 Å². The van der Waals surface area contributed by atoms with Gasteiger partial charge in [0.05, 0.1) is 6.61 Å². The SMILES string of the molecule is CCCC(NC1CCCCC1CC)C(=O)OCC. The zero-order chi connectivity index (χ0) is 13.4. The summed E-state index contributed by atoms with van der Waals surface area (Å²) in [4.78, 5) is 11.9. The van der Waals surface area contributed by atoms with Crippen LogP contribution in [0, 0.1) is 5.92 Å². The third kappa shape index (κ3) is 4.60. The van der Waals surface area contributed by atoms with E-state index in [0.717, 1.165) is 18.8 Å². The van der Waals surface area contributed by atoms with Crippen LogP contribution in [0.2, 0.25) is 0 Å². The molecule has 1 aliphatic carbocycles. The van der Waals surface area contributed by atoms with Gasteiger partial charge in [-0.2, -0.15) is 0 Å². The third-order valence-electron chi connectivity index (χ3n) is 4.00. The van der Waals surface area contributed by atoms with E-state index >= 15 is 0 Å². The van der Waals surface area contributed by atoms with Crippen molar-refractivity contribution in [2.45, 2.75) is 77.8 Å². The first-order valence-electron chi connectivity index (χ1n) is 7.65. The highest BCUT2D eigenvalue weighted by molar-refractivity contribution is 5.75. The van der Waals surface area contributed by atoms with Crippen molar-refractivity contribution >= 4 is 5.97 Å². The van der Waals surface area contributed by atoms with Gasteiger partial charge in [-0.1, -0.05) is 39.5 Å². The van der Waals surface area contributed by atoms with E-state index in [0.29, 0.717) is 12.6 Å². The maximum absolute atomic E-state index is 11.9. The van der Waals surface area contributed by atoms with Crippen molar-refractivity contribution in [2.24, 2.45) is 5.92 Å². The summed E-state index contributed by atoms with van der Waals surface area (Å²) in [7, 11) is 0. The lowest BCUT2D eigenvalue weighted by molar-refractivity contribution is -0.146. The van der Waals surface area contributed by atoms with Crippen LogP contribution in [0.1, 0.15) is 65.7 Å². The van der Waals surface area contributed by atoms with Crippen LogP contribution < -0.4 is 5.32 Å². The molecule has 3 heteroatoms. The Morgan fingerprint density at radius 1 is 1.28 bits per heavy atom. The number of ether oxygens (including phenoxy) is 1. The molecule has 3 atom stereocenters. The first-order valence-corrected chi connectivity index (χ1v) is 7.65. The van der Waals surface area contributed by atoms with E-state index < -0.39 is 0 Å². The minimum Gasteiger partial charge on any atom is -0.465 e. The second kappa shape index (κ2) is 8.52. The third-order valence-corrected chi connectivity index (χ3v) is 4.00. The van der Waals surface area contributed by atoms with Gasteiger partial charge in [-0.3, -0.25) is 4.79 Å². The summed E-state index contributed by atoms with van der Waals surface area (Å²) < 4.78 is 5.17. The number of nitrogens with one attached hydrogen (secondary N) is 1. The fraction of sp³-hybridized carbons (Fsp3) is 0.933. The standard InChI is InChI=1S/C15H29NO2/c1-4-9-14(15(17)18-6-3)16-13-11-8-7-10-12(13)5-2/h12-14,16H,4-11H2,1-3H3. The maximum Gasteiger partial charge on any atom is 0.323 e. The number of rotatable bonds is 7. The zero-order valence-corrected chi connectivity index (χ0v) is 12.2. The molecule has 0 aromatic carbocycles. The summed E-state index contributed by atoms with van der Waals surface area (Å²) in [5.41, 5.74) is 0. The second-order valence-corrected chi connectivity index (χ2v) is 5.32. The predicted molar refractivity (Wildman–Crippen MR) is 74.5 cm³/mol. The largest absolute Gasteiger partial charge is 0.465 e. The monoisotopic (exact) mass is 255 g/mol. The first kappa shape index (κ1) is 15.5. The summed E-state index contributed by atoms with van der Waals surface area (Å²) in [6.07, 6.45) is 8.24. The molecule has 18 heavy (non-hydrogen) atoms. The molecule has 0 radical (unpaired) electrons. The molecule has 1 rings (SSSR count). The molecule has 0 aromatic rings. The fourth-order valence-electron chi connectivity index (χ4n) is 2.97. The first-order chi connectivity index (χ1) is 8.72. The highest BCUT2D eigenvalue weighted by atomic mass is 16.5. The Labute approximate surface area is 112 Å². The minimum absolute atomic E-state index is 0.0697. The van der Waals surface area contributed by atoms with E-state index in [2.05, 4.69) is 19.2 Å². The molecule has 0 spiro atoms. The van der Waals surface area contributed by atoms with Gasteiger partial charge in [-0.25, -0.2) is 0 Å². The van der Waals surface area contributed by atoms with Gasteiger partial charge in [0.25, 0.3) is 0 Å². The Kier molecular flexibility index (Phi) is 7.33. The minimum atomic E-state index is -0.105. The molecule has 3 unspecified atom stereocenters. The summed E-state index contributed by atoms with van der Waals surface area (Å²) >= 11 is 0. The van der Waals surface area contributed by atoms with Gasteiger partial charge in [0.2, 0.25) is 0 Å². The van der Waals surface area contributed by atoms with E-state index in [9.17, 15) is 4.79 Å². The highest BCUT2D eigenvalue weighted by Crippen LogP contribution is 2.27. The van der Waals surface area contributed by atoms with E-state index in [1.807, 2.05) is 6.92 Å². The van der Waals surface area contributed by atoms with Gasteiger partial charge < -0.3 is 10.1 Å². The van der Waals surface area contributed by atoms with E-state index in [4.69, 9.17) is 4.74 Å². The van der Waals surface area contributed by atoms with E-state index in [-0.39, 0.29) is 12.0 Å². The molecule has 1 N–H and O–H groups in total. The zero-order valence-electron chi connectivity index (χ0n) is 12.2. The van der Waals surface area contributed by atoms with Crippen molar-refractivity contribution in [3.05, 3.63) is 0 Å². The predicted octanol–water partition coefficient (Wildman–Crippen LogP) is 3.28. The number of hydrogen-bond acceptors (Lipinski definition) is 3. The molecular weight excluding hydrogens is 226 g/mol. The Bertz CT molecular complexity index is 243. The van der Waals surface area contributed by atoms with Crippen LogP contribution in [0.5, 0.6) is 0 Å². The van der Waals surface area contributed by atoms with Crippen LogP contribution in [-0.2, 0) is 9.53 Å². The Balaban J connectivity index is 2.54. The van der Waals surface area contributed by atoms with Gasteiger partial charge in [0, 0.05) is 6.04 Å². The smallest absolute Gasteiger partial charge is 0.323 e. The molecule has 1 saturated carbocycles. The van der Waals surface area contributed by atoms with Crippen LogP contribution >= 0.6 is 0 Å². The van der Waals surface area contributed by atoms with Crippen molar-refractivity contribution in [1.29, 1.82) is 0 Å². The maximum atomic E-state index is 11.9. The fourth-order valence-corrected chi connectivity index (χ4v) is 2.97. The summed E-state index contributed by atoms with van der Waals surface area (Å²) in [6.45, 7) is 6.72. The van der Waals surface area contributed by atoms with Crippen molar-refractivity contribution < 1.29 is 9.53 Å². The number of hydrogen-bond donors (Lipinski definition) is 1. The quantitative estimate of drug-likeness (QED) is 0.710. The molecule has 0 aliphatic heterocycles. The van der Waals surface area contributed by atoms with E-state index in [1.54, 1.807) is 0 Å². The van der Waals surface area contributed by atoms with Gasteiger partial charge in [-0.15, -0.1) is 0 Å². The van der Waals surface area contributed by atoms with Crippen LogP contribution in [0.15, 0.2) is 0 Å². The van der Waals surface area contributed by atoms with Crippen LogP contribution in [0.3, 0.4) is 0 Å². The van der Waals surface area contributed by atoms with Crippen molar-refractivity contribution in [3.63, 3.8) is 0 Å². The molecule has 1 fully saturated rings. The number of carbonyl (C=O) groups excluding carboxylic acids is 1. The second-order valence-electron chi connectivity index (χ2n) is 5.32. The van der Waals surface area contributed by atoms with Crippen LogP contribution in [0.25, 0.3) is 0 Å². The average molecular weight is 255 g/mol. The summed E-state index contributed by atoms with van der Waals surface area (Å²) in [6, 6.07) is 0.400. The molecule has 0 aromatic heterocycles. The summed E-state index contributed by atoms with van der Waals surface area (Å²) in [5, 5.41) is 3.57. The molecule has 3 nitrogen and oxygen atoms in total. The van der Waals surface area contributed by atoms with Gasteiger partial charge in [0.1, 0.15) is 6.04 Å². The Morgan fingerprint density at radius 3 is 2.61 bits per heavy atom. The number of esters is 1. The van der Waals surface area contributed by atoms with Gasteiger partial charge in [-0.05, 0) is 32.1 Å². The van der Waals surface area contributed by atoms with Crippen molar-refractivity contribution in [1.82, 2.24) is 5.32 Å². The molecule has 0 saturated heterocycles. The van der Waals surface area contributed by atoms with Crippen LogP contribution in [0.4, 0.5) is 0 Å².